The number of alkyl halides is 1. The predicted molar refractivity (Wildman–Crippen MR) is 106 cm³/mol. The number of aliphatic hydroxyl groups excluding tert-OH is 1. The summed E-state index contributed by atoms with van der Waals surface area (Å²) in [6.07, 6.45) is 12.2. The number of aliphatic hydroxyl groups is 2. The zero-order valence-electron chi connectivity index (χ0n) is 17.1. The van der Waals surface area contributed by atoms with Gasteiger partial charge in [0.05, 0.1) is 18.8 Å². The van der Waals surface area contributed by atoms with Crippen LogP contribution < -0.4 is 0 Å². The van der Waals surface area contributed by atoms with Crippen molar-refractivity contribution in [2.75, 3.05) is 7.11 Å². The van der Waals surface area contributed by atoms with Crippen molar-refractivity contribution in [1.82, 2.24) is 0 Å². The Balaban J connectivity index is 2.50. The maximum atomic E-state index is 14.4. The first-order valence-corrected chi connectivity index (χ1v) is 10.3. The largest absolute Gasteiger partial charge is 0.466 e. The lowest BCUT2D eigenvalue weighted by Gasteiger charge is -2.23. The molecule has 0 aliphatic heterocycles. The van der Waals surface area contributed by atoms with Crippen molar-refractivity contribution in [1.29, 1.82) is 0 Å². The second-order valence-corrected chi connectivity index (χ2v) is 7.94. The van der Waals surface area contributed by atoms with Gasteiger partial charge in [-0.3, -0.25) is 0 Å². The number of unbranched alkanes of at least 4 members (excludes halogenated alkanes) is 4. The van der Waals surface area contributed by atoms with E-state index in [9.17, 15) is 19.4 Å². The summed E-state index contributed by atoms with van der Waals surface area (Å²) < 4.78 is 18.9. The Morgan fingerprint density at radius 2 is 2.04 bits per heavy atom. The molecule has 0 spiro atoms. The van der Waals surface area contributed by atoms with Crippen LogP contribution in [-0.4, -0.2) is 41.2 Å². The van der Waals surface area contributed by atoms with Crippen LogP contribution in [-0.2, 0) is 9.53 Å². The molecule has 2 N–H and O–H groups in total. The molecule has 5 heteroatoms. The zero-order chi connectivity index (χ0) is 20.3. The molecular weight excluding hydrogens is 347 g/mol. The third-order valence-electron chi connectivity index (χ3n) is 5.45. The molecule has 1 unspecified atom stereocenters. The Bertz CT molecular complexity index is 487. The van der Waals surface area contributed by atoms with E-state index >= 15 is 0 Å². The number of rotatable bonds is 12. The number of halogens is 1. The van der Waals surface area contributed by atoms with Gasteiger partial charge in [-0.1, -0.05) is 50.8 Å². The van der Waals surface area contributed by atoms with Gasteiger partial charge in [0.1, 0.15) is 6.17 Å². The number of hydrogen-bond donors (Lipinski definition) is 2. The molecule has 4 nitrogen and oxygen atoms in total. The van der Waals surface area contributed by atoms with E-state index in [1.807, 2.05) is 6.08 Å². The summed E-state index contributed by atoms with van der Waals surface area (Å²) in [6.45, 7) is 3.90. The van der Waals surface area contributed by atoms with Crippen LogP contribution in [0.25, 0.3) is 0 Å². The van der Waals surface area contributed by atoms with Crippen LogP contribution in [0, 0.1) is 11.8 Å². The van der Waals surface area contributed by atoms with Gasteiger partial charge >= 0.3 is 5.97 Å². The number of methoxy groups -OCH3 is 1. The van der Waals surface area contributed by atoms with Gasteiger partial charge in [-0.2, -0.15) is 0 Å². The van der Waals surface area contributed by atoms with Crippen LogP contribution >= 0.6 is 0 Å². The topological polar surface area (TPSA) is 66.8 Å². The Labute approximate surface area is 163 Å². The lowest BCUT2D eigenvalue weighted by Crippen LogP contribution is -2.24. The first-order valence-electron chi connectivity index (χ1n) is 10.3. The fourth-order valence-electron chi connectivity index (χ4n) is 3.76. The van der Waals surface area contributed by atoms with Gasteiger partial charge in [-0.25, -0.2) is 9.18 Å². The molecule has 0 bridgehead atoms. The fraction of sp³-hybridized carbons (Fsp3) is 0.773. The van der Waals surface area contributed by atoms with Crippen molar-refractivity contribution in [3.8, 4) is 0 Å². The minimum atomic E-state index is -1.01. The van der Waals surface area contributed by atoms with Crippen molar-refractivity contribution in [2.24, 2.45) is 11.8 Å². The van der Waals surface area contributed by atoms with Gasteiger partial charge in [-0.05, 0) is 38.5 Å². The minimum Gasteiger partial charge on any atom is -0.466 e. The summed E-state index contributed by atoms with van der Waals surface area (Å²) in [5.41, 5.74) is -0.910. The van der Waals surface area contributed by atoms with Crippen LogP contribution in [0.1, 0.15) is 71.6 Å². The molecule has 0 aromatic carbocycles. The maximum Gasteiger partial charge on any atom is 0.330 e. The van der Waals surface area contributed by atoms with E-state index in [0.29, 0.717) is 12.8 Å². The molecule has 0 radical (unpaired) electrons. The SMILES string of the molecule is CCCCCC(C)(O)/C=C/[C@@H]1[C@@H](CCCC/C=C/C(=O)OC)[C@H](F)C[C@H]1O. The number of ether oxygens (including phenoxy) is 1. The summed E-state index contributed by atoms with van der Waals surface area (Å²) in [4.78, 5) is 11.0. The van der Waals surface area contributed by atoms with Crippen molar-refractivity contribution in [2.45, 2.75) is 89.5 Å². The highest BCUT2D eigenvalue weighted by Gasteiger charge is 2.41. The van der Waals surface area contributed by atoms with E-state index in [4.69, 9.17) is 0 Å². The summed E-state index contributed by atoms with van der Waals surface area (Å²) in [7, 11) is 1.34. The van der Waals surface area contributed by atoms with Crippen LogP contribution in [0.3, 0.4) is 0 Å². The van der Waals surface area contributed by atoms with Crippen molar-refractivity contribution < 1.29 is 24.1 Å². The highest BCUT2D eigenvalue weighted by molar-refractivity contribution is 5.81. The normalized spacial score (nSPS) is 28.1. The van der Waals surface area contributed by atoms with E-state index in [2.05, 4.69) is 11.7 Å². The average molecular weight is 385 g/mol. The summed E-state index contributed by atoms with van der Waals surface area (Å²) in [5.74, 6) is -0.829. The van der Waals surface area contributed by atoms with Gasteiger partial charge in [0, 0.05) is 18.4 Å². The second-order valence-electron chi connectivity index (χ2n) is 7.94. The van der Waals surface area contributed by atoms with Gasteiger partial charge in [0.2, 0.25) is 0 Å². The molecule has 0 aromatic heterocycles. The molecular formula is C22H37FO4. The first-order chi connectivity index (χ1) is 12.8. The molecule has 0 saturated heterocycles. The Kier molecular flexibility index (Phi) is 10.9. The Hall–Kier alpha value is -1.20. The van der Waals surface area contributed by atoms with E-state index in [0.717, 1.165) is 38.5 Å². The monoisotopic (exact) mass is 384 g/mol. The molecule has 0 heterocycles. The van der Waals surface area contributed by atoms with E-state index in [1.165, 1.54) is 13.2 Å². The molecule has 1 fully saturated rings. The fourth-order valence-corrected chi connectivity index (χ4v) is 3.76. The third kappa shape index (κ3) is 9.02. The molecule has 0 amide bonds. The van der Waals surface area contributed by atoms with E-state index in [-0.39, 0.29) is 24.2 Å². The average Bonchev–Trinajstić information content (AvgIpc) is 2.89. The standard InChI is InChI=1S/C22H37FO4/c1-4-5-10-14-22(2,26)15-13-18-17(19(23)16-20(18)24)11-8-6-7-9-12-21(25)27-3/h9,12-13,15,17-20,24,26H,4-8,10-11,14,16H2,1-3H3/b12-9+,15-13+/t17-,18-,19-,20-,22?/m1/s1. The summed E-state index contributed by atoms with van der Waals surface area (Å²) >= 11 is 0. The highest BCUT2D eigenvalue weighted by atomic mass is 19.1. The minimum absolute atomic E-state index is 0.167. The number of carbonyl (C=O) groups is 1. The van der Waals surface area contributed by atoms with Crippen LogP contribution in [0.4, 0.5) is 4.39 Å². The van der Waals surface area contributed by atoms with E-state index < -0.39 is 17.9 Å². The molecule has 1 aliphatic carbocycles. The third-order valence-corrected chi connectivity index (χ3v) is 5.45. The Morgan fingerprint density at radius 3 is 2.70 bits per heavy atom. The zero-order valence-corrected chi connectivity index (χ0v) is 17.1. The van der Waals surface area contributed by atoms with Crippen molar-refractivity contribution >= 4 is 5.97 Å². The molecule has 1 aliphatic rings. The van der Waals surface area contributed by atoms with Gasteiger partial charge < -0.3 is 14.9 Å². The number of esters is 1. The van der Waals surface area contributed by atoms with Crippen molar-refractivity contribution in [3.63, 3.8) is 0 Å². The molecule has 1 rings (SSSR count). The van der Waals surface area contributed by atoms with Crippen LogP contribution in [0.5, 0.6) is 0 Å². The second kappa shape index (κ2) is 12.3. The number of carbonyl (C=O) groups excluding carboxylic acids is 1. The van der Waals surface area contributed by atoms with Crippen molar-refractivity contribution in [3.05, 3.63) is 24.3 Å². The lowest BCUT2D eigenvalue weighted by atomic mass is 9.87. The van der Waals surface area contributed by atoms with Crippen LogP contribution in [0.15, 0.2) is 24.3 Å². The molecule has 1 saturated carbocycles. The first kappa shape index (κ1) is 23.8. The number of hydrogen-bond acceptors (Lipinski definition) is 4. The number of allylic oxidation sites excluding steroid dienone is 1. The van der Waals surface area contributed by atoms with Crippen LogP contribution in [0.2, 0.25) is 0 Å². The molecule has 27 heavy (non-hydrogen) atoms. The van der Waals surface area contributed by atoms with Gasteiger partial charge in [0.25, 0.3) is 0 Å². The molecule has 5 atom stereocenters. The lowest BCUT2D eigenvalue weighted by molar-refractivity contribution is -0.134. The van der Waals surface area contributed by atoms with E-state index in [1.54, 1.807) is 19.1 Å². The van der Waals surface area contributed by atoms with Gasteiger partial charge in [-0.15, -0.1) is 0 Å². The highest BCUT2D eigenvalue weighted by Crippen LogP contribution is 2.39. The quantitative estimate of drug-likeness (QED) is 0.225. The summed E-state index contributed by atoms with van der Waals surface area (Å²) in [5, 5.41) is 20.7. The van der Waals surface area contributed by atoms with Gasteiger partial charge in [0.15, 0.2) is 0 Å². The molecule has 156 valence electrons. The predicted octanol–water partition coefficient (Wildman–Crippen LogP) is 4.50. The smallest absolute Gasteiger partial charge is 0.330 e. The summed E-state index contributed by atoms with van der Waals surface area (Å²) in [6, 6.07) is 0. The Morgan fingerprint density at radius 1 is 1.30 bits per heavy atom. The maximum absolute atomic E-state index is 14.4. The molecule has 0 aromatic rings.